The summed E-state index contributed by atoms with van der Waals surface area (Å²) in [5.74, 6) is -0.186. The number of hydrogen-bond acceptors (Lipinski definition) is 4. The zero-order chi connectivity index (χ0) is 21.8. The molecule has 0 radical (unpaired) electrons. The maximum absolute atomic E-state index is 12.9. The van der Waals surface area contributed by atoms with Gasteiger partial charge in [0.05, 0.1) is 42.3 Å². The van der Waals surface area contributed by atoms with Crippen LogP contribution in [0.25, 0.3) is 0 Å². The molecule has 1 heterocycles. The van der Waals surface area contributed by atoms with Gasteiger partial charge in [-0.25, -0.2) is 8.42 Å². The molecule has 0 bridgehead atoms. The summed E-state index contributed by atoms with van der Waals surface area (Å²) >= 11 is 0. The van der Waals surface area contributed by atoms with Gasteiger partial charge in [-0.15, -0.1) is 0 Å². The number of morpholine rings is 1. The molecule has 1 amide bonds. The second-order valence-electron chi connectivity index (χ2n) is 8.49. The van der Waals surface area contributed by atoms with Crippen LogP contribution >= 0.6 is 0 Å². The van der Waals surface area contributed by atoms with Gasteiger partial charge < -0.3 is 15.0 Å². The van der Waals surface area contributed by atoms with E-state index in [1.165, 1.54) is 21.3 Å². The predicted molar refractivity (Wildman–Crippen MR) is 114 cm³/mol. The molecule has 7 nitrogen and oxygen atoms in total. The summed E-state index contributed by atoms with van der Waals surface area (Å²) in [5.41, 5.74) is 0.461. The monoisotopic (exact) mass is 426 g/mol. The number of benzene rings is 1. The van der Waals surface area contributed by atoms with Gasteiger partial charge >= 0.3 is 0 Å². The summed E-state index contributed by atoms with van der Waals surface area (Å²) in [6.45, 7) is 14.5. The number of nitrogens with one attached hydrogen (secondary N) is 2. The van der Waals surface area contributed by atoms with Crippen LogP contribution in [0.2, 0.25) is 0 Å². The molecule has 2 rings (SSSR count). The Labute approximate surface area is 175 Å². The molecule has 0 aliphatic carbocycles. The van der Waals surface area contributed by atoms with Gasteiger partial charge in [-0.1, -0.05) is 0 Å². The highest BCUT2D eigenvalue weighted by atomic mass is 32.2. The Kier molecular flexibility index (Phi) is 8.22. The smallest absolute Gasteiger partial charge is 0.251 e. The molecule has 0 spiro atoms. The molecule has 1 aliphatic heterocycles. The Bertz CT molecular complexity index is 760. The molecule has 1 aromatic rings. The SMILES string of the molecule is CC(C)[NH+](CCNC(=O)c1ccc(S(=O)(=O)N2C[C@@H](C)O[C@@H](C)C2)cc1)C(C)C. The maximum Gasteiger partial charge on any atom is 0.251 e. The minimum atomic E-state index is -3.60. The van der Waals surface area contributed by atoms with Gasteiger partial charge in [0.15, 0.2) is 0 Å². The number of hydrogen-bond donors (Lipinski definition) is 2. The Morgan fingerprint density at radius 2 is 1.62 bits per heavy atom. The van der Waals surface area contributed by atoms with E-state index < -0.39 is 10.0 Å². The fraction of sp³-hybridized carbons (Fsp3) is 0.667. The molecule has 2 N–H and O–H groups in total. The van der Waals surface area contributed by atoms with E-state index in [1.54, 1.807) is 12.1 Å². The van der Waals surface area contributed by atoms with Crippen molar-refractivity contribution in [3.63, 3.8) is 0 Å². The van der Waals surface area contributed by atoms with Crippen LogP contribution in [-0.4, -0.2) is 69.1 Å². The molecule has 1 aliphatic rings. The molecule has 2 atom stereocenters. The first-order valence-electron chi connectivity index (χ1n) is 10.4. The van der Waals surface area contributed by atoms with E-state index in [4.69, 9.17) is 4.74 Å². The van der Waals surface area contributed by atoms with Crippen LogP contribution in [0.3, 0.4) is 0 Å². The van der Waals surface area contributed by atoms with Crippen molar-refractivity contribution in [2.45, 2.75) is 70.7 Å². The minimum absolute atomic E-state index is 0.142. The van der Waals surface area contributed by atoms with Crippen LogP contribution in [0.15, 0.2) is 29.2 Å². The fourth-order valence-electron chi connectivity index (χ4n) is 3.92. The van der Waals surface area contributed by atoms with E-state index in [2.05, 4.69) is 33.0 Å². The Hall–Kier alpha value is -1.48. The lowest BCUT2D eigenvalue weighted by molar-refractivity contribution is -0.941. The topological polar surface area (TPSA) is 80.2 Å². The third-order valence-electron chi connectivity index (χ3n) is 5.32. The molecule has 8 heteroatoms. The molecule has 0 saturated carbocycles. The van der Waals surface area contributed by atoms with Crippen LogP contribution in [0, 0.1) is 0 Å². The molecular formula is C21H36N3O4S+. The lowest BCUT2D eigenvalue weighted by Gasteiger charge is -2.34. The van der Waals surface area contributed by atoms with Gasteiger partial charge in [0, 0.05) is 18.7 Å². The van der Waals surface area contributed by atoms with Gasteiger partial charge in [-0.2, -0.15) is 4.31 Å². The summed E-state index contributed by atoms with van der Waals surface area (Å²) in [4.78, 5) is 14.0. The number of quaternary nitrogens is 1. The average Bonchev–Trinajstić information content (AvgIpc) is 2.63. The third-order valence-corrected chi connectivity index (χ3v) is 7.17. The van der Waals surface area contributed by atoms with Crippen molar-refractivity contribution in [3.8, 4) is 0 Å². The maximum atomic E-state index is 12.9. The standard InChI is InChI=1S/C21H35N3O4S/c1-15(2)24(16(3)4)12-11-22-21(25)19-7-9-20(10-8-19)29(26,27)23-13-17(5)28-18(6)14-23/h7-10,15-18H,11-14H2,1-6H3,(H,22,25)/p+1/t17-,18+. The molecule has 1 saturated heterocycles. The second-order valence-corrected chi connectivity index (χ2v) is 10.4. The summed E-state index contributed by atoms with van der Waals surface area (Å²) < 4.78 is 32.9. The van der Waals surface area contributed by atoms with Crippen LogP contribution in [0.1, 0.15) is 51.9 Å². The van der Waals surface area contributed by atoms with Gasteiger partial charge in [0.25, 0.3) is 5.91 Å². The Balaban J connectivity index is 1.99. The van der Waals surface area contributed by atoms with Crippen molar-refractivity contribution < 1.29 is 22.8 Å². The molecule has 1 aromatic carbocycles. The molecule has 0 unspecified atom stereocenters. The Morgan fingerprint density at radius 1 is 1.10 bits per heavy atom. The summed E-state index contributed by atoms with van der Waals surface area (Å²) in [7, 11) is -3.60. The van der Waals surface area contributed by atoms with Crippen LogP contribution in [-0.2, 0) is 14.8 Å². The van der Waals surface area contributed by atoms with E-state index in [1.807, 2.05) is 13.8 Å². The van der Waals surface area contributed by atoms with Gasteiger partial charge in [0.1, 0.15) is 0 Å². The van der Waals surface area contributed by atoms with Crippen LogP contribution in [0.4, 0.5) is 0 Å². The largest absolute Gasteiger partial charge is 0.373 e. The molecule has 164 valence electrons. The highest BCUT2D eigenvalue weighted by Crippen LogP contribution is 2.21. The van der Waals surface area contributed by atoms with Crippen LogP contribution < -0.4 is 10.2 Å². The summed E-state index contributed by atoms with van der Waals surface area (Å²) in [6, 6.07) is 7.14. The van der Waals surface area contributed by atoms with Gasteiger partial charge in [-0.05, 0) is 65.8 Å². The first kappa shape index (κ1) is 23.8. The van der Waals surface area contributed by atoms with Crippen molar-refractivity contribution in [1.82, 2.24) is 9.62 Å². The lowest BCUT2D eigenvalue weighted by Crippen LogP contribution is -3.18. The number of carbonyl (C=O) groups excluding carboxylic acids is 1. The van der Waals surface area contributed by atoms with E-state index in [9.17, 15) is 13.2 Å². The molecule has 0 aromatic heterocycles. The summed E-state index contributed by atoms with van der Waals surface area (Å²) in [5, 5.41) is 2.94. The van der Waals surface area contributed by atoms with Crippen LogP contribution in [0.5, 0.6) is 0 Å². The van der Waals surface area contributed by atoms with Gasteiger partial charge in [0.2, 0.25) is 10.0 Å². The average molecular weight is 427 g/mol. The van der Waals surface area contributed by atoms with E-state index in [0.29, 0.717) is 37.3 Å². The lowest BCUT2D eigenvalue weighted by atomic mass is 10.2. The number of amides is 1. The zero-order valence-corrected chi connectivity index (χ0v) is 19.3. The summed E-state index contributed by atoms with van der Waals surface area (Å²) in [6.07, 6.45) is -0.283. The number of rotatable bonds is 8. The molecular weight excluding hydrogens is 390 g/mol. The minimum Gasteiger partial charge on any atom is -0.373 e. The van der Waals surface area contributed by atoms with Crippen molar-refractivity contribution in [2.75, 3.05) is 26.2 Å². The Morgan fingerprint density at radius 3 is 2.10 bits per heavy atom. The van der Waals surface area contributed by atoms with Crippen molar-refractivity contribution in [3.05, 3.63) is 29.8 Å². The zero-order valence-electron chi connectivity index (χ0n) is 18.4. The molecule has 29 heavy (non-hydrogen) atoms. The third kappa shape index (κ3) is 6.25. The highest BCUT2D eigenvalue weighted by molar-refractivity contribution is 7.89. The predicted octanol–water partition coefficient (Wildman–Crippen LogP) is 0.916. The van der Waals surface area contributed by atoms with Crippen molar-refractivity contribution in [1.29, 1.82) is 0 Å². The fourth-order valence-corrected chi connectivity index (χ4v) is 5.51. The van der Waals surface area contributed by atoms with Crippen molar-refractivity contribution in [2.24, 2.45) is 0 Å². The van der Waals surface area contributed by atoms with E-state index >= 15 is 0 Å². The second kappa shape index (κ2) is 10.0. The molecule has 1 fully saturated rings. The van der Waals surface area contributed by atoms with Crippen molar-refractivity contribution >= 4 is 15.9 Å². The van der Waals surface area contributed by atoms with Gasteiger partial charge in [-0.3, -0.25) is 4.79 Å². The quantitative estimate of drug-likeness (QED) is 0.648. The number of nitrogens with zero attached hydrogens (tertiary/aromatic N) is 1. The number of ether oxygens (including phenoxy) is 1. The number of carbonyl (C=O) groups is 1. The van der Waals surface area contributed by atoms with E-state index in [0.717, 1.165) is 6.54 Å². The first-order valence-corrected chi connectivity index (χ1v) is 11.9. The highest BCUT2D eigenvalue weighted by Gasteiger charge is 2.32. The number of sulfonamides is 1. The van der Waals surface area contributed by atoms with E-state index in [-0.39, 0.29) is 23.0 Å². The normalized spacial score (nSPS) is 21.1. The first-order chi connectivity index (χ1) is 13.5.